The normalized spacial score (nSPS) is 22.8. The first-order chi connectivity index (χ1) is 10.6. The molecule has 2 rings (SSSR count). The minimum atomic E-state index is -1.76. The lowest BCUT2D eigenvalue weighted by molar-refractivity contribution is -0.388. The van der Waals surface area contributed by atoms with E-state index >= 15 is 0 Å². The maximum Gasteiger partial charge on any atom is 0.407 e. The number of hydrogen-bond acceptors (Lipinski definition) is 5. The molecule has 2 heterocycles. The predicted molar refractivity (Wildman–Crippen MR) is 83.7 cm³/mol. The standard InChI is InChI=1S/C14H19N3O5S/c1-14(2,3)11-10(6-8-16(11)13(18)19)23(22)12-9(17(20)21)5-4-7-15-12/h4-5,7,10-11H,6,8H2,1-3H3,(H,18,19). The molecule has 0 bridgehead atoms. The van der Waals surface area contributed by atoms with Crippen LogP contribution >= 0.6 is 0 Å². The van der Waals surface area contributed by atoms with E-state index in [2.05, 4.69) is 4.98 Å². The first-order valence-corrected chi connectivity index (χ1v) is 8.35. The highest BCUT2D eigenvalue weighted by Gasteiger charge is 2.48. The van der Waals surface area contributed by atoms with Crippen molar-refractivity contribution in [3.05, 3.63) is 28.4 Å². The molecule has 0 spiro atoms. The van der Waals surface area contributed by atoms with E-state index in [0.29, 0.717) is 6.42 Å². The Labute approximate surface area is 136 Å². The Morgan fingerprint density at radius 2 is 2.17 bits per heavy atom. The summed E-state index contributed by atoms with van der Waals surface area (Å²) in [7, 11) is -1.76. The monoisotopic (exact) mass is 341 g/mol. The highest BCUT2D eigenvalue weighted by Crippen LogP contribution is 2.38. The summed E-state index contributed by atoms with van der Waals surface area (Å²) in [4.78, 5) is 27.1. The van der Waals surface area contributed by atoms with Gasteiger partial charge < -0.3 is 10.0 Å². The van der Waals surface area contributed by atoms with Gasteiger partial charge in [0, 0.05) is 18.8 Å². The van der Waals surface area contributed by atoms with Gasteiger partial charge in [-0.15, -0.1) is 0 Å². The smallest absolute Gasteiger partial charge is 0.407 e. The molecule has 1 saturated heterocycles. The van der Waals surface area contributed by atoms with Crippen LogP contribution in [0.5, 0.6) is 0 Å². The van der Waals surface area contributed by atoms with Gasteiger partial charge in [-0.3, -0.25) is 14.3 Å². The van der Waals surface area contributed by atoms with Crippen LogP contribution in [-0.2, 0) is 10.8 Å². The maximum atomic E-state index is 12.9. The van der Waals surface area contributed by atoms with E-state index in [1.807, 2.05) is 20.8 Å². The molecule has 0 radical (unpaired) electrons. The summed E-state index contributed by atoms with van der Waals surface area (Å²) in [5.74, 6) is 0. The zero-order chi connectivity index (χ0) is 17.4. The van der Waals surface area contributed by atoms with Crippen molar-refractivity contribution in [2.45, 2.75) is 43.5 Å². The second-order valence-electron chi connectivity index (χ2n) is 6.50. The van der Waals surface area contributed by atoms with Crippen molar-refractivity contribution in [2.75, 3.05) is 6.54 Å². The molecule has 3 unspecified atom stereocenters. The van der Waals surface area contributed by atoms with E-state index in [4.69, 9.17) is 0 Å². The minimum Gasteiger partial charge on any atom is -0.465 e. The average molecular weight is 341 g/mol. The molecule has 1 amide bonds. The predicted octanol–water partition coefficient (Wildman–Crippen LogP) is 2.26. The van der Waals surface area contributed by atoms with E-state index in [9.17, 15) is 24.2 Å². The van der Waals surface area contributed by atoms with Gasteiger partial charge >= 0.3 is 11.8 Å². The van der Waals surface area contributed by atoms with Gasteiger partial charge in [-0.25, -0.2) is 9.78 Å². The van der Waals surface area contributed by atoms with Crippen LogP contribution < -0.4 is 0 Å². The number of pyridine rings is 1. The fraction of sp³-hybridized carbons (Fsp3) is 0.571. The molecule has 1 aromatic rings. The van der Waals surface area contributed by atoms with E-state index < -0.39 is 38.5 Å². The third kappa shape index (κ3) is 3.34. The Balaban J connectivity index is 2.43. The Kier molecular flexibility index (Phi) is 4.69. The number of carbonyl (C=O) groups is 1. The van der Waals surface area contributed by atoms with Crippen LogP contribution in [0.15, 0.2) is 23.4 Å². The van der Waals surface area contributed by atoms with Gasteiger partial charge in [0.05, 0.1) is 27.0 Å². The molecule has 1 N–H and O–H groups in total. The summed E-state index contributed by atoms with van der Waals surface area (Å²) < 4.78 is 12.9. The molecule has 0 aliphatic carbocycles. The van der Waals surface area contributed by atoms with Crippen molar-refractivity contribution in [3.8, 4) is 0 Å². The van der Waals surface area contributed by atoms with Crippen molar-refractivity contribution in [2.24, 2.45) is 5.41 Å². The molecular weight excluding hydrogens is 322 g/mol. The molecule has 126 valence electrons. The third-order valence-electron chi connectivity index (χ3n) is 3.89. The van der Waals surface area contributed by atoms with Gasteiger partial charge in [0.25, 0.3) is 0 Å². The fourth-order valence-corrected chi connectivity index (χ4v) is 4.96. The topological polar surface area (TPSA) is 114 Å². The number of nitrogens with zero attached hydrogens (tertiary/aromatic N) is 3. The number of rotatable bonds is 3. The van der Waals surface area contributed by atoms with Crippen molar-refractivity contribution >= 4 is 22.6 Å². The van der Waals surface area contributed by atoms with E-state index in [1.54, 1.807) is 0 Å². The molecule has 8 nitrogen and oxygen atoms in total. The van der Waals surface area contributed by atoms with Gasteiger partial charge in [0.2, 0.25) is 5.03 Å². The summed E-state index contributed by atoms with van der Waals surface area (Å²) in [6, 6.07) is 2.18. The zero-order valence-corrected chi connectivity index (χ0v) is 13.9. The van der Waals surface area contributed by atoms with Gasteiger partial charge in [-0.2, -0.15) is 0 Å². The Hall–Kier alpha value is -2.03. The molecule has 1 aliphatic rings. The molecule has 1 fully saturated rings. The zero-order valence-electron chi connectivity index (χ0n) is 13.1. The summed E-state index contributed by atoms with van der Waals surface area (Å²) in [5, 5.41) is 19.9. The number of likely N-dealkylation sites (tertiary alicyclic amines) is 1. The quantitative estimate of drug-likeness (QED) is 0.666. The fourth-order valence-electron chi connectivity index (χ4n) is 3.05. The third-order valence-corrected chi connectivity index (χ3v) is 5.63. The Bertz CT molecular complexity index is 658. The van der Waals surface area contributed by atoms with Gasteiger partial charge in [-0.05, 0) is 17.9 Å². The molecule has 9 heteroatoms. The van der Waals surface area contributed by atoms with Crippen molar-refractivity contribution in [3.63, 3.8) is 0 Å². The lowest BCUT2D eigenvalue weighted by Gasteiger charge is -2.36. The van der Waals surface area contributed by atoms with Crippen LogP contribution in [0.4, 0.5) is 10.5 Å². The van der Waals surface area contributed by atoms with Gasteiger partial charge in [0.15, 0.2) is 0 Å². The van der Waals surface area contributed by atoms with Crippen LogP contribution in [0.2, 0.25) is 0 Å². The number of carboxylic acid groups (broad SMARTS) is 1. The number of hydrogen-bond donors (Lipinski definition) is 1. The Morgan fingerprint density at radius 1 is 1.52 bits per heavy atom. The van der Waals surface area contributed by atoms with Crippen molar-refractivity contribution in [1.29, 1.82) is 0 Å². The lowest BCUT2D eigenvalue weighted by atomic mass is 9.85. The second-order valence-corrected chi connectivity index (χ2v) is 8.08. The summed E-state index contributed by atoms with van der Waals surface area (Å²) >= 11 is 0. The van der Waals surface area contributed by atoms with E-state index in [0.717, 1.165) is 0 Å². The summed E-state index contributed by atoms with van der Waals surface area (Å²) in [5.41, 5.74) is -0.744. The maximum absolute atomic E-state index is 12.9. The molecular formula is C14H19N3O5S. The number of aromatic nitrogens is 1. The van der Waals surface area contributed by atoms with Crippen molar-refractivity contribution < 1.29 is 19.0 Å². The molecule has 3 atom stereocenters. The summed E-state index contributed by atoms with van der Waals surface area (Å²) in [6.07, 6.45) is 0.671. The van der Waals surface area contributed by atoms with Gasteiger partial charge in [-0.1, -0.05) is 20.8 Å². The lowest BCUT2D eigenvalue weighted by Crippen LogP contribution is -2.48. The number of nitro groups is 1. The van der Waals surface area contributed by atoms with Crippen LogP contribution in [0.25, 0.3) is 0 Å². The molecule has 1 aliphatic heterocycles. The van der Waals surface area contributed by atoms with E-state index in [-0.39, 0.29) is 17.3 Å². The highest BCUT2D eigenvalue weighted by atomic mass is 32.2. The van der Waals surface area contributed by atoms with Crippen LogP contribution in [-0.4, -0.2) is 48.1 Å². The SMILES string of the molecule is CC(C)(C)C1C(S(=O)c2ncccc2[N+](=O)[O-])CCN1C(=O)O. The molecule has 23 heavy (non-hydrogen) atoms. The highest BCUT2D eigenvalue weighted by molar-refractivity contribution is 7.85. The first kappa shape index (κ1) is 17.3. The molecule has 0 aromatic carbocycles. The first-order valence-electron chi connectivity index (χ1n) is 7.14. The number of amides is 1. The van der Waals surface area contributed by atoms with Crippen LogP contribution in [0.1, 0.15) is 27.2 Å². The van der Waals surface area contributed by atoms with Crippen molar-refractivity contribution in [1.82, 2.24) is 9.88 Å². The van der Waals surface area contributed by atoms with Gasteiger partial charge in [0.1, 0.15) is 0 Å². The molecule has 0 saturated carbocycles. The molecule has 1 aromatic heterocycles. The largest absolute Gasteiger partial charge is 0.465 e. The summed E-state index contributed by atoms with van der Waals surface area (Å²) in [6.45, 7) is 5.87. The second kappa shape index (κ2) is 6.23. The van der Waals surface area contributed by atoms with Crippen LogP contribution in [0, 0.1) is 15.5 Å². The van der Waals surface area contributed by atoms with E-state index in [1.165, 1.54) is 23.2 Å². The average Bonchev–Trinajstić information content (AvgIpc) is 2.91. The van der Waals surface area contributed by atoms with Crippen LogP contribution in [0.3, 0.4) is 0 Å². The minimum absolute atomic E-state index is 0.0935. The Morgan fingerprint density at radius 3 is 2.70 bits per heavy atom.